The Labute approximate surface area is 196 Å². The van der Waals surface area contributed by atoms with Crippen molar-refractivity contribution in [2.75, 3.05) is 36.0 Å². The molecule has 170 valence electrons. The summed E-state index contributed by atoms with van der Waals surface area (Å²) in [6.07, 6.45) is 6.91. The highest BCUT2D eigenvalue weighted by Gasteiger charge is 2.34. The molecule has 1 fully saturated rings. The molecule has 33 heavy (non-hydrogen) atoms. The zero-order valence-corrected chi connectivity index (χ0v) is 19.6. The number of rotatable bonds is 3. The van der Waals surface area contributed by atoms with Crippen LogP contribution in [0.2, 0.25) is 0 Å². The van der Waals surface area contributed by atoms with E-state index in [0.29, 0.717) is 18.0 Å². The number of hydrogen-bond donors (Lipinski definition) is 1. The molecule has 6 rings (SSSR count). The summed E-state index contributed by atoms with van der Waals surface area (Å²) >= 11 is 1.45. The Balaban J connectivity index is 1.33. The van der Waals surface area contributed by atoms with Crippen molar-refractivity contribution in [2.45, 2.75) is 38.6 Å². The van der Waals surface area contributed by atoms with Crippen LogP contribution in [-0.2, 0) is 6.42 Å². The molecule has 8 nitrogen and oxygen atoms in total. The first kappa shape index (κ1) is 20.4. The van der Waals surface area contributed by atoms with E-state index in [1.165, 1.54) is 24.2 Å². The molecular weight excluding hydrogens is 436 g/mol. The van der Waals surface area contributed by atoms with E-state index in [4.69, 9.17) is 9.72 Å². The Morgan fingerprint density at radius 3 is 2.67 bits per heavy atom. The number of ether oxygens (including phenoxy) is 1. The largest absolute Gasteiger partial charge is 0.490 e. The second-order valence-corrected chi connectivity index (χ2v) is 10.4. The van der Waals surface area contributed by atoms with E-state index in [-0.39, 0.29) is 11.4 Å². The van der Waals surface area contributed by atoms with Gasteiger partial charge in [-0.25, -0.2) is 15.0 Å². The molecule has 1 amide bonds. The van der Waals surface area contributed by atoms with E-state index in [2.05, 4.69) is 31.2 Å². The molecule has 0 radical (unpaired) electrons. The molecule has 5 heterocycles. The maximum atomic E-state index is 12.6. The van der Waals surface area contributed by atoms with E-state index in [9.17, 15) is 4.79 Å². The molecule has 0 unspecified atom stereocenters. The average molecular weight is 463 g/mol. The van der Waals surface area contributed by atoms with E-state index in [1.54, 1.807) is 0 Å². The van der Waals surface area contributed by atoms with Crippen LogP contribution in [0, 0.1) is 0 Å². The smallest absolute Gasteiger partial charge is 0.263 e. The fraction of sp³-hybridized carbons (Fsp3) is 0.417. The van der Waals surface area contributed by atoms with Crippen molar-refractivity contribution in [1.29, 1.82) is 0 Å². The van der Waals surface area contributed by atoms with Gasteiger partial charge in [-0.15, -0.1) is 0 Å². The number of thiazole rings is 1. The molecule has 1 aromatic carbocycles. The van der Waals surface area contributed by atoms with E-state index >= 15 is 0 Å². The molecule has 1 saturated heterocycles. The van der Waals surface area contributed by atoms with E-state index < -0.39 is 0 Å². The van der Waals surface area contributed by atoms with Crippen LogP contribution in [0.3, 0.4) is 0 Å². The number of nitrogens with zero attached hydrogens (tertiary/aromatic N) is 5. The summed E-state index contributed by atoms with van der Waals surface area (Å²) in [7, 11) is 0. The van der Waals surface area contributed by atoms with Crippen LogP contribution >= 0.6 is 11.3 Å². The fourth-order valence-electron chi connectivity index (χ4n) is 4.73. The van der Waals surface area contributed by atoms with E-state index in [1.807, 2.05) is 38.4 Å². The number of anilines is 3. The quantitative estimate of drug-likeness (QED) is 0.634. The van der Waals surface area contributed by atoms with Crippen molar-refractivity contribution in [1.82, 2.24) is 20.3 Å². The SMILES string of the molecule is CC1(C)Cc2nc(N3CCOc4ccc(-c5cnc(N6CCCC6)nc5)cc43)sc2C(=O)N1. The van der Waals surface area contributed by atoms with Crippen LogP contribution in [0.4, 0.5) is 16.8 Å². The van der Waals surface area contributed by atoms with Crippen LogP contribution in [0.15, 0.2) is 30.6 Å². The van der Waals surface area contributed by atoms with Gasteiger partial charge in [0.05, 0.1) is 17.9 Å². The minimum Gasteiger partial charge on any atom is -0.490 e. The Kier molecular flexibility index (Phi) is 4.76. The van der Waals surface area contributed by atoms with Gasteiger partial charge >= 0.3 is 0 Å². The van der Waals surface area contributed by atoms with E-state index in [0.717, 1.165) is 58.8 Å². The summed E-state index contributed by atoms with van der Waals surface area (Å²) in [5.41, 5.74) is 3.53. The third kappa shape index (κ3) is 3.70. The van der Waals surface area contributed by atoms with Gasteiger partial charge in [-0.05, 0) is 44.4 Å². The van der Waals surface area contributed by atoms with Crippen LogP contribution in [0.5, 0.6) is 5.75 Å². The zero-order valence-electron chi connectivity index (χ0n) is 18.8. The maximum absolute atomic E-state index is 12.6. The Morgan fingerprint density at radius 1 is 1.09 bits per heavy atom. The van der Waals surface area contributed by atoms with Crippen molar-refractivity contribution >= 4 is 34.0 Å². The lowest BCUT2D eigenvalue weighted by Crippen LogP contribution is -2.48. The predicted octanol–water partition coefficient (Wildman–Crippen LogP) is 3.80. The first-order chi connectivity index (χ1) is 16.0. The van der Waals surface area contributed by atoms with Crippen LogP contribution < -0.4 is 19.9 Å². The molecule has 0 atom stereocenters. The monoisotopic (exact) mass is 462 g/mol. The highest BCUT2D eigenvalue weighted by molar-refractivity contribution is 7.17. The van der Waals surface area contributed by atoms with Crippen molar-refractivity contribution < 1.29 is 9.53 Å². The first-order valence-electron chi connectivity index (χ1n) is 11.4. The summed E-state index contributed by atoms with van der Waals surface area (Å²) < 4.78 is 5.93. The molecule has 1 N–H and O–H groups in total. The lowest BCUT2D eigenvalue weighted by molar-refractivity contribution is 0.0901. The third-order valence-corrected chi connectivity index (χ3v) is 7.49. The number of amides is 1. The fourth-order valence-corrected chi connectivity index (χ4v) is 5.74. The average Bonchev–Trinajstić information content (AvgIpc) is 3.48. The zero-order chi connectivity index (χ0) is 22.6. The third-order valence-electron chi connectivity index (χ3n) is 6.37. The van der Waals surface area contributed by atoms with Crippen LogP contribution in [-0.4, -0.2) is 52.6 Å². The van der Waals surface area contributed by atoms with Crippen LogP contribution in [0.25, 0.3) is 11.1 Å². The molecule has 3 aliphatic rings. The highest BCUT2D eigenvalue weighted by Crippen LogP contribution is 2.42. The molecular formula is C24H26N6O2S. The minimum atomic E-state index is -0.285. The predicted molar refractivity (Wildman–Crippen MR) is 129 cm³/mol. The topological polar surface area (TPSA) is 83.5 Å². The second kappa shape index (κ2) is 7.69. The van der Waals surface area contributed by atoms with Crippen molar-refractivity contribution in [2.24, 2.45) is 0 Å². The van der Waals surface area contributed by atoms with Gasteiger partial charge in [0, 0.05) is 43.0 Å². The number of benzene rings is 1. The Hall–Kier alpha value is -3.20. The molecule has 0 bridgehead atoms. The highest BCUT2D eigenvalue weighted by atomic mass is 32.1. The number of nitrogens with one attached hydrogen (secondary N) is 1. The number of hydrogen-bond acceptors (Lipinski definition) is 8. The van der Waals surface area contributed by atoms with Gasteiger partial charge in [0.1, 0.15) is 17.2 Å². The van der Waals surface area contributed by atoms with Gasteiger partial charge in [-0.3, -0.25) is 4.79 Å². The van der Waals surface area contributed by atoms with Gasteiger partial charge < -0.3 is 19.9 Å². The summed E-state index contributed by atoms with van der Waals surface area (Å²) in [6, 6.07) is 6.14. The number of carbonyl (C=O) groups is 1. The lowest BCUT2D eigenvalue weighted by atomic mass is 9.94. The standard InChI is InChI=1S/C24H26N6O2S/c1-24(2)12-17-20(21(31)28-24)33-23(27-17)30-9-10-32-19-6-5-15(11-18(19)30)16-13-25-22(26-14-16)29-7-3-4-8-29/h5-6,11,13-14H,3-4,7-10,12H2,1-2H3,(H,28,31). The molecule has 3 aliphatic heterocycles. The van der Waals surface area contributed by atoms with Gasteiger partial charge in [0.2, 0.25) is 5.95 Å². The van der Waals surface area contributed by atoms with Crippen molar-refractivity contribution in [3.05, 3.63) is 41.2 Å². The Morgan fingerprint density at radius 2 is 1.88 bits per heavy atom. The van der Waals surface area contributed by atoms with Gasteiger partial charge in [-0.1, -0.05) is 17.4 Å². The van der Waals surface area contributed by atoms with Crippen molar-refractivity contribution in [3.8, 4) is 16.9 Å². The van der Waals surface area contributed by atoms with Crippen LogP contribution in [0.1, 0.15) is 42.1 Å². The normalized spacial score (nSPS) is 19.0. The Bertz CT molecular complexity index is 1220. The number of aromatic nitrogens is 3. The van der Waals surface area contributed by atoms with Gasteiger partial charge in [0.15, 0.2) is 5.13 Å². The molecule has 3 aromatic rings. The summed E-state index contributed by atoms with van der Waals surface area (Å²) in [5, 5.41) is 3.90. The minimum absolute atomic E-state index is 0.0394. The molecule has 0 aliphatic carbocycles. The maximum Gasteiger partial charge on any atom is 0.263 e. The second-order valence-electron chi connectivity index (χ2n) is 9.44. The molecule has 0 spiro atoms. The van der Waals surface area contributed by atoms with Gasteiger partial charge in [-0.2, -0.15) is 0 Å². The number of fused-ring (bicyclic) bond motifs is 2. The summed E-state index contributed by atoms with van der Waals surface area (Å²) in [4.78, 5) is 31.8. The van der Waals surface area contributed by atoms with Crippen molar-refractivity contribution in [3.63, 3.8) is 0 Å². The molecule has 0 saturated carbocycles. The first-order valence-corrected chi connectivity index (χ1v) is 12.2. The number of carbonyl (C=O) groups excluding carboxylic acids is 1. The molecule has 2 aromatic heterocycles. The molecule has 9 heteroatoms. The van der Waals surface area contributed by atoms with Gasteiger partial charge in [0.25, 0.3) is 5.91 Å². The summed E-state index contributed by atoms with van der Waals surface area (Å²) in [5.74, 6) is 1.58. The summed E-state index contributed by atoms with van der Waals surface area (Å²) in [6.45, 7) is 7.36. The lowest BCUT2D eigenvalue weighted by Gasteiger charge is -2.29.